The normalized spacial score (nSPS) is 9.85. The van der Waals surface area contributed by atoms with Crippen LogP contribution in [0.4, 0.5) is 5.69 Å². The molecule has 0 aliphatic rings. The molecule has 0 bridgehead atoms. The summed E-state index contributed by atoms with van der Waals surface area (Å²) in [6.07, 6.45) is 0. The Morgan fingerprint density at radius 3 is 2.08 bits per heavy atom. The first kappa shape index (κ1) is 9.74. The van der Waals surface area contributed by atoms with E-state index >= 15 is 0 Å². The van der Waals surface area contributed by atoms with Crippen molar-refractivity contribution in [1.82, 2.24) is 0 Å². The molecule has 0 fully saturated rings. The first-order valence-electron chi connectivity index (χ1n) is 4.08. The molecule has 1 aromatic carbocycles. The lowest BCUT2D eigenvalue weighted by molar-refractivity contribution is -0.121. The van der Waals surface area contributed by atoms with E-state index in [0.29, 0.717) is 10.8 Å². The van der Waals surface area contributed by atoms with Gasteiger partial charge in [-0.25, -0.2) is 0 Å². The molecule has 0 unspecified atom stereocenters. The molecule has 1 N–H and O–H groups in total. The number of anilines is 1. The molecular formula is C10H13NO2. The Kier molecular flexibility index (Phi) is 2.68. The van der Waals surface area contributed by atoms with Gasteiger partial charge >= 0.3 is 0 Å². The van der Waals surface area contributed by atoms with E-state index in [1.54, 1.807) is 12.1 Å². The van der Waals surface area contributed by atoms with Crippen molar-refractivity contribution in [3.05, 3.63) is 29.3 Å². The third-order valence-corrected chi connectivity index (χ3v) is 1.75. The van der Waals surface area contributed by atoms with Crippen molar-refractivity contribution in [2.75, 3.05) is 5.06 Å². The van der Waals surface area contributed by atoms with E-state index < -0.39 is 0 Å². The van der Waals surface area contributed by atoms with Crippen molar-refractivity contribution in [2.24, 2.45) is 0 Å². The van der Waals surface area contributed by atoms with Gasteiger partial charge in [-0.05, 0) is 37.1 Å². The first-order chi connectivity index (χ1) is 6.00. The Labute approximate surface area is 77.6 Å². The number of carbonyl (C=O) groups is 1. The Balaban J connectivity index is 3.07. The molecule has 0 aliphatic carbocycles. The monoisotopic (exact) mass is 179 g/mol. The highest BCUT2D eigenvalue weighted by molar-refractivity contribution is 5.89. The zero-order chi connectivity index (χ0) is 10.0. The van der Waals surface area contributed by atoms with Gasteiger partial charge in [0.15, 0.2) is 0 Å². The van der Waals surface area contributed by atoms with Crippen molar-refractivity contribution < 1.29 is 10.0 Å². The lowest BCUT2D eigenvalue weighted by Crippen LogP contribution is -2.23. The number of nitrogens with zero attached hydrogens (tertiary/aromatic N) is 1. The van der Waals surface area contributed by atoms with Crippen LogP contribution in [0.1, 0.15) is 18.1 Å². The fourth-order valence-electron chi connectivity index (χ4n) is 1.25. The molecule has 0 saturated heterocycles. The fraction of sp³-hybridized carbons (Fsp3) is 0.300. The van der Waals surface area contributed by atoms with Crippen LogP contribution in [0, 0.1) is 13.8 Å². The van der Waals surface area contributed by atoms with E-state index in [9.17, 15) is 10.0 Å². The summed E-state index contributed by atoms with van der Waals surface area (Å²) < 4.78 is 0. The molecule has 13 heavy (non-hydrogen) atoms. The second kappa shape index (κ2) is 3.58. The molecule has 1 amide bonds. The van der Waals surface area contributed by atoms with Crippen LogP contribution in [-0.4, -0.2) is 11.1 Å². The lowest BCUT2D eigenvalue weighted by Gasteiger charge is -2.13. The summed E-state index contributed by atoms with van der Waals surface area (Å²) in [6, 6.07) is 5.50. The van der Waals surface area contributed by atoms with Gasteiger partial charge < -0.3 is 0 Å². The van der Waals surface area contributed by atoms with E-state index in [1.165, 1.54) is 6.92 Å². The topological polar surface area (TPSA) is 40.5 Å². The van der Waals surface area contributed by atoms with Gasteiger partial charge in [0.05, 0.1) is 5.69 Å². The Morgan fingerprint density at radius 1 is 1.23 bits per heavy atom. The molecular weight excluding hydrogens is 166 g/mol. The van der Waals surface area contributed by atoms with Crippen LogP contribution in [0.25, 0.3) is 0 Å². The Hall–Kier alpha value is -1.35. The van der Waals surface area contributed by atoms with Gasteiger partial charge in [0.25, 0.3) is 0 Å². The molecule has 1 rings (SSSR count). The molecule has 3 nitrogen and oxygen atoms in total. The van der Waals surface area contributed by atoms with Crippen LogP contribution in [0.3, 0.4) is 0 Å². The number of amides is 1. The second-order valence-corrected chi connectivity index (χ2v) is 3.18. The number of benzene rings is 1. The fourth-order valence-corrected chi connectivity index (χ4v) is 1.25. The van der Waals surface area contributed by atoms with E-state index in [4.69, 9.17) is 0 Å². The Morgan fingerprint density at radius 2 is 1.69 bits per heavy atom. The van der Waals surface area contributed by atoms with Gasteiger partial charge in [0, 0.05) is 6.92 Å². The van der Waals surface area contributed by atoms with Crippen LogP contribution < -0.4 is 5.06 Å². The zero-order valence-electron chi connectivity index (χ0n) is 8.03. The summed E-state index contributed by atoms with van der Waals surface area (Å²) in [5.74, 6) is -0.384. The molecule has 1 aromatic rings. The van der Waals surface area contributed by atoms with Crippen LogP contribution in [-0.2, 0) is 4.79 Å². The van der Waals surface area contributed by atoms with E-state index in [1.807, 2.05) is 19.9 Å². The quantitative estimate of drug-likeness (QED) is 0.529. The minimum absolute atomic E-state index is 0.384. The van der Waals surface area contributed by atoms with Crippen LogP contribution in [0.15, 0.2) is 18.2 Å². The maximum absolute atomic E-state index is 10.8. The van der Waals surface area contributed by atoms with Crippen molar-refractivity contribution in [3.63, 3.8) is 0 Å². The Bertz CT molecular complexity index is 313. The molecule has 0 saturated carbocycles. The molecule has 0 atom stereocenters. The SMILES string of the molecule is CC(=O)N(O)c1cc(C)cc(C)c1. The number of carbonyl (C=O) groups excluding carboxylic acids is 1. The number of aryl methyl sites for hydroxylation is 2. The smallest absolute Gasteiger partial charge is 0.247 e. The van der Waals surface area contributed by atoms with Gasteiger partial charge in [-0.3, -0.25) is 10.0 Å². The van der Waals surface area contributed by atoms with Gasteiger partial charge in [-0.15, -0.1) is 0 Å². The molecule has 3 heteroatoms. The molecule has 70 valence electrons. The van der Waals surface area contributed by atoms with Crippen LogP contribution in [0.2, 0.25) is 0 Å². The van der Waals surface area contributed by atoms with Crippen molar-refractivity contribution >= 4 is 11.6 Å². The molecule has 0 spiro atoms. The predicted molar refractivity (Wildman–Crippen MR) is 50.9 cm³/mol. The minimum atomic E-state index is -0.384. The average molecular weight is 179 g/mol. The van der Waals surface area contributed by atoms with Gasteiger partial charge in [0.2, 0.25) is 5.91 Å². The summed E-state index contributed by atoms with van der Waals surface area (Å²) in [4.78, 5) is 10.8. The standard InChI is InChI=1S/C10H13NO2/c1-7-4-8(2)6-10(5-7)11(13)9(3)12/h4-6,13H,1-3H3. The summed E-state index contributed by atoms with van der Waals surface area (Å²) in [6.45, 7) is 5.16. The second-order valence-electron chi connectivity index (χ2n) is 3.18. The first-order valence-corrected chi connectivity index (χ1v) is 4.08. The summed E-state index contributed by atoms with van der Waals surface area (Å²) in [5.41, 5.74) is 2.57. The summed E-state index contributed by atoms with van der Waals surface area (Å²) >= 11 is 0. The predicted octanol–water partition coefficient (Wildman–Crippen LogP) is 2.05. The molecule has 0 aromatic heterocycles. The minimum Gasteiger partial charge on any atom is -0.281 e. The van der Waals surface area contributed by atoms with E-state index in [2.05, 4.69) is 0 Å². The maximum Gasteiger partial charge on any atom is 0.247 e. The maximum atomic E-state index is 10.8. The van der Waals surface area contributed by atoms with E-state index in [0.717, 1.165) is 11.1 Å². The van der Waals surface area contributed by atoms with Gasteiger partial charge in [-0.1, -0.05) is 6.07 Å². The van der Waals surface area contributed by atoms with E-state index in [-0.39, 0.29) is 5.91 Å². The van der Waals surface area contributed by atoms with Gasteiger partial charge in [-0.2, -0.15) is 5.06 Å². The molecule has 0 radical (unpaired) electrons. The summed E-state index contributed by atoms with van der Waals surface area (Å²) in [5, 5.41) is 9.98. The van der Waals surface area contributed by atoms with Crippen LogP contribution in [0.5, 0.6) is 0 Å². The number of hydrogen-bond acceptors (Lipinski definition) is 2. The van der Waals surface area contributed by atoms with Crippen molar-refractivity contribution in [1.29, 1.82) is 0 Å². The highest BCUT2D eigenvalue weighted by Gasteiger charge is 2.07. The summed E-state index contributed by atoms with van der Waals surface area (Å²) in [7, 11) is 0. The average Bonchev–Trinajstić information content (AvgIpc) is 2.01. The molecule has 0 heterocycles. The zero-order valence-corrected chi connectivity index (χ0v) is 8.03. The van der Waals surface area contributed by atoms with Crippen LogP contribution >= 0.6 is 0 Å². The van der Waals surface area contributed by atoms with Crippen molar-refractivity contribution in [2.45, 2.75) is 20.8 Å². The van der Waals surface area contributed by atoms with Gasteiger partial charge in [0.1, 0.15) is 0 Å². The highest BCUT2D eigenvalue weighted by Crippen LogP contribution is 2.17. The third-order valence-electron chi connectivity index (χ3n) is 1.75. The largest absolute Gasteiger partial charge is 0.281 e. The third kappa shape index (κ3) is 2.29. The lowest BCUT2D eigenvalue weighted by atomic mass is 10.1. The number of rotatable bonds is 1. The van der Waals surface area contributed by atoms with Crippen molar-refractivity contribution in [3.8, 4) is 0 Å². The number of hydroxylamine groups is 1. The number of hydrogen-bond donors (Lipinski definition) is 1. The molecule has 0 aliphatic heterocycles. The highest BCUT2D eigenvalue weighted by atomic mass is 16.5.